The minimum atomic E-state index is -0.0144. The van der Waals surface area contributed by atoms with E-state index in [2.05, 4.69) is 15.3 Å². The number of halogens is 1. The van der Waals surface area contributed by atoms with Gasteiger partial charge in [-0.2, -0.15) is 0 Å². The van der Waals surface area contributed by atoms with E-state index in [9.17, 15) is 4.79 Å². The van der Waals surface area contributed by atoms with Crippen LogP contribution in [0.15, 0.2) is 12.3 Å². The first kappa shape index (κ1) is 12.6. The van der Waals surface area contributed by atoms with E-state index in [0.29, 0.717) is 6.54 Å². The molecule has 0 bridgehead atoms. The minimum absolute atomic E-state index is 0.0144. The third-order valence-corrected chi connectivity index (χ3v) is 2.15. The summed E-state index contributed by atoms with van der Waals surface area (Å²) in [6.07, 6.45) is 6.35. The molecule has 86 valence electrons. The van der Waals surface area contributed by atoms with Gasteiger partial charge in [-0.3, -0.25) is 4.79 Å². The van der Waals surface area contributed by atoms with Crippen LogP contribution in [0.5, 0.6) is 0 Å². The van der Waals surface area contributed by atoms with E-state index in [1.165, 1.54) is 6.92 Å². The maximum absolute atomic E-state index is 10.6. The summed E-state index contributed by atoms with van der Waals surface area (Å²) < 4.78 is 0. The number of nitrogens with zero attached hydrogens (tertiary/aromatic N) is 2. The van der Waals surface area contributed by atoms with E-state index >= 15 is 0 Å². The number of rotatable bonds is 4. The molecule has 1 rings (SSSR count). The highest BCUT2D eigenvalue weighted by atomic mass is 35.5. The Morgan fingerprint density at radius 2 is 2.38 bits per heavy atom. The van der Waals surface area contributed by atoms with Crippen molar-refractivity contribution in [3.63, 3.8) is 0 Å². The Hall–Kier alpha value is -1.42. The quantitative estimate of drug-likeness (QED) is 0.646. The summed E-state index contributed by atoms with van der Waals surface area (Å²) in [7, 11) is 0. The number of aromatic nitrogens is 2. The molecule has 0 aliphatic carbocycles. The van der Waals surface area contributed by atoms with Gasteiger partial charge in [0.15, 0.2) is 0 Å². The monoisotopic (exact) mass is 239 g/mol. The van der Waals surface area contributed by atoms with Gasteiger partial charge in [-0.25, -0.2) is 9.97 Å². The van der Waals surface area contributed by atoms with Crippen molar-refractivity contribution in [1.82, 2.24) is 15.3 Å². The van der Waals surface area contributed by atoms with Crippen LogP contribution < -0.4 is 5.32 Å². The molecule has 1 amide bonds. The van der Waals surface area contributed by atoms with Gasteiger partial charge in [-0.05, 0) is 24.9 Å². The Morgan fingerprint density at radius 3 is 3.00 bits per heavy atom. The van der Waals surface area contributed by atoms with Crippen LogP contribution in [0.3, 0.4) is 0 Å². The van der Waals surface area contributed by atoms with Gasteiger partial charge in [-0.15, -0.1) is 0 Å². The summed E-state index contributed by atoms with van der Waals surface area (Å²) in [5.41, 5.74) is 1.78. The smallest absolute Gasteiger partial charge is 0.222 e. The number of hydrogen-bond donors (Lipinski definition) is 1. The second-order valence-electron chi connectivity index (χ2n) is 3.35. The van der Waals surface area contributed by atoms with Crippen LogP contribution in [-0.2, 0) is 4.79 Å². The number of nitrogens with one attached hydrogen (secondary N) is 1. The molecule has 0 aliphatic rings. The molecule has 1 heterocycles. The van der Waals surface area contributed by atoms with Crippen molar-refractivity contribution in [2.24, 2.45) is 0 Å². The lowest BCUT2D eigenvalue weighted by molar-refractivity contribution is -0.118. The average molecular weight is 240 g/mol. The van der Waals surface area contributed by atoms with Crippen LogP contribution in [0.25, 0.3) is 6.08 Å². The number of aryl methyl sites for hydroxylation is 1. The van der Waals surface area contributed by atoms with Crippen LogP contribution in [0, 0.1) is 6.92 Å². The maximum atomic E-state index is 10.6. The van der Waals surface area contributed by atoms with E-state index in [-0.39, 0.29) is 11.2 Å². The lowest BCUT2D eigenvalue weighted by Gasteiger charge is -1.99. The van der Waals surface area contributed by atoms with Crippen molar-refractivity contribution in [2.45, 2.75) is 20.3 Å². The highest BCUT2D eigenvalue weighted by Crippen LogP contribution is 2.09. The predicted molar refractivity (Wildman–Crippen MR) is 64.1 cm³/mol. The first-order valence-electron chi connectivity index (χ1n) is 4.99. The highest BCUT2D eigenvalue weighted by Gasteiger charge is 1.97. The zero-order valence-electron chi connectivity index (χ0n) is 9.33. The Balaban J connectivity index is 2.47. The number of hydrogen-bond acceptors (Lipinski definition) is 3. The van der Waals surface area contributed by atoms with E-state index in [4.69, 9.17) is 11.6 Å². The molecule has 0 aromatic carbocycles. The van der Waals surface area contributed by atoms with Crippen molar-refractivity contribution in [3.05, 3.63) is 28.8 Å². The predicted octanol–water partition coefficient (Wildman–Crippen LogP) is 1.98. The van der Waals surface area contributed by atoms with Crippen LogP contribution in [0.1, 0.15) is 24.6 Å². The molecule has 16 heavy (non-hydrogen) atoms. The summed E-state index contributed by atoms with van der Waals surface area (Å²) in [4.78, 5) is 18.5. The van der Waals surface area contributed by atoms with Crippen LogP contribution in [-0.4, -0.2) is 22.4 Å². The van der Waals surface area contributed by atoms with Gasteiger partial charge < -0.3 is 5.32 Å². The Bertz CT molecular complexity index is 404. The minimum Gasteiger partial charge on any atom is -0.356 e. The molecule has 0 atom stereocenters. The fourth-order valence-corrected chi connectivity index (χ4v) is 1.33. The van der Waals surface area contributed by atoms with E-state index in [1.807, 2.05) is 19.1 Å². The first-order chi connectivity index (χ1) is 7.59. The summed E-state index contributed by atoms with van der Waals surface area (Å²) in [6.45, 7) is 4.02. The van der Waals surface area contributed by atoms with Crippen molar-refractivity contribution in [1.29, 1.82) is 0 Å². The van der Waals surface area contributed by atoms with Crippen molar-refractivity contribution in [3.8, 4) is 0 Å². The molecule has 0 fully saturated rings. The fourth-order valence-electron chi connectivity index (χ4n) is 1.15. The standard InChI is InChI=1S/C11H14ClN3O/c1-8-10(7-14-11(12)15-8)5-3-4-6-13-9(2)16/h3,5,7H,4,6H2,1-2H3,(H,13,16). The molecule has 1 aromatic heterocycles. The second kappa shape index (κ2) is 6.23. The van der Waals surface area contributed by atoms with Crippen LogP contribution >= 0.6 is 11.6 Å². The Kier molecular flexibility index (Phi) is 4.92. The van der Waals surface area contributed by atoms with Gasteiger partial charge in [-0.1, -0.05) is 12.2 Å². The number of amides is 1. The molecular formula is C11H14ClN3O. The second-order valence-corrected chi connectivity index (χ2v) is 3.69. The van der Waals surface area contributed by atoms with Gasteiger partial charge in [0.2, 0.25) is 11.2 Å². The largest absolute Gasteiger partial charge is 0.356 e. The SMILES string of the molecule is CC(=O)NCCC=Cc1cnc(Cl)nc1C. The van der Waals surface area contributed by atoms with E-state index < -0.39 is 0 Å². The van der Waals surface area contributed by atoms with Gasteiger partial charge in [0, 0.05) is 30.9 Å². The fraction of sp³-hybridized carbons (Fsp3) is 0.364. The summed E-state index contributed by atoms with van der Waals surface area (Å²) in [5.74, 6) is -0.0144. The van der Waals surface area contributed by atoms with Crippen molar-refractivity contribution >= 4 is 23.6 Å². The summed E-state index contributed by atoms with van der Waals surface area (Å²) >= 11 is 5.64. The number of carbonyl (C=O) groups excluding carboxylic acids is 1. The topological polar surface area (TPSA) is 54.9 Å². The van der Waals surface area contributed by atoms with Gasteiger partial charge >= 0.3 is 0 Å². The Labute approximate surface area is 99.8 Å². The molecule has 5 heteroatoms. The zero-order chi connectivity index (χ0) is 12.0. The summed E-state index contributed by atoms with van der Waals surface area (Å²) in [6, 6.07) is 0. The van der Waals surface area contributed by atoms with Crippen LogP contribution in [0.2, 0.25) is 5.28 Å². The van der Waals surface area contributed by atoms with Crippen molar-refractivity contribution < 1.29 is 4.79 Å². The normalized spacial score (nSPS) is 10.7. The third-order valence-electron chi connectivity index (χ3n) is 1.97. The molecule has 1 N–H and O–H groups in total. The molecule has 4 nitrogen and oxygen atoms in total. The molecule has 1 aromatic rings. The van der Waals surface area contributed by atoms with E-state index in [1.54, 1.807) is 6.20 Å². The molecule has 0 spiro atoms. The molecule has 0 saturated carbocycles. The van der Waals surface area contributed by atoms with Gasteiger partial charge in [0.1, 0.15) is 0 Å². The highest BCUT2D eigenvalue weighted by molar-refractivity contribution is 6.28. The maximum Gasteiger partial charge on any atom is 0.222 e. The lowest BCUT2D eigenvalue weighted by atomic mass is 10.2. The zero-order valence-corrected chi connectivity index (χ0v) is 10.1. The molecule has 0 radical (unpaired) electrons. The van der Waals surface area contributed by atoms with E-state index in [0.717, 1.165) is 17.7 Å². The first-order valence-corrected chi connectivity index (χ1v) is 5.37. The Morgan fingerprint density at radius 1 is 1.62 bits per heavy atom. The lowest BCUT2D eigenvalue weighted by Crippen LogP contribution is -2.20. The molecule has 0 saturated heterocycles. The van der Waals surface area contributed by atoms with Crippen LogP contribution in [0.4, 0.5) is 0 Å². The molecule has 0 unspecified atom stereocenters. The third kappa shape index (κ3) is 4.40. The molecule has 0 aliphatic heterocycles. The average Bonchev–Trinajstić information content (AvgIpc) is 2.20. The number of carbonyl (C=O) groups is 1. The van der Waals surface area contributed by atoms with Gasteiger partial charge in [0.25, 0.3) is 0 Å². The summed E-state index contributed by atoms with van der Waals surface area (Å²) in [5, 5.41) is 2.97. The molecular weight excluding hydrogens is 226 g/mol. The van der Waals surface area contributed by atoms with Gasteiger partial charge in [0.05, 0.1) is 0 Å². The van der Waals surface area contributed by atoms with Crippen molar-refractivity contribution in [2.75, 3.05) is 6.54 Å².